The number of hydrogen-bond donors (Lipinski definition) is 2. The summed E-state index contributed by atoms with van der Waals surface area (Å²) in [6, 6.07) is 3.33. The first-order chi connectivity index (χ1) is 7.68. The summed E-state index contributed by atoms with van der Waals surface area (Å²) in [5.74, 6) is -1.22. The number of halogens is 2. The zero-order chi connectivity index (χ0) is 11.5. The van der Waals surface area contributed by atoms with Crippen molar-refractivity contribution in [3.05, 3.63) is 35.4 Å². The highest BCUT2D eigenvalue weighted by Crippen LogP contribution is 2.30. The van der Waals surface area contributed by atoms with Gasteiger partial charge in [-0.05, 0) is 37.9 Å². The Morgan fingerprint density at radius 3 is 2.56 bits per heavy atom. The second kappa shape index (κ2) is 4.89. The van der Waals surface area contributed by atoms with Crippen LogP contribution in [-0.4, -0.2) is 18.2 Å². The Morgan fingerprint density at radius 1 is 1.25 bits per heavy atom. The quantitative estimate of drug-likeness (QED) is 0.810. The molecule has 0 bridgehead atoms. The molecule has 2 nitrogen and oxygen atoms in total. The molecule has 0 amide bonds. The maximum Gasteiger partial charge on any atom is 0.131 e. The van der Waals surface area contributed by atoms with Gasteiger partial charge in [0.05, 0.1) is 6.10 Å². The summed E-state index contributed by atoms with van der Waals surface area (Å²) < 4.78 is 26.2. The summed E-state index contributed by atoms with van der Waals surface area (Å²) in [5.41, 5.74) is 0.202. The van der Waals surface area contributed by atoms with E-state index < -0.39 is 17.7 Å². The molecule has 0 radical (unpaired) electrons. The Hall–Kier alpha value is -1.00. The largest absolute Gasteiger partial charge is 0.388 e. The molecule has 1 unspecified atom stereocenters. The lowest BCUT2D eigenvalue weighted by Crippen LogP contribution is -2.31. The lowest BCUT2D eigenvalue weighted by Gasteiger charge is -2.27. The molecule has 0 spiro atoms. The second-order valence-corrected chi connectivity index (χ2v) is 4.20. The van der Waals surface area contributed by atoms with Gasteiger partial charge in [-0.1, -0.05) is 6.07 Å². The van der Waals surface area contributed by atoms with Crippen LogP contribution in [0.25, 0.3) is 0 Å². The number of piperidine rings is 1. The van der Waals surface area contributed by atoms with E-state index in [-0.39, 0.29) is 11.5 Å². The Morgan fingerprint density at radius 2 is 1.94 bits per heavy atom. The van der Waals surface area contributed by atoms with Gasteiger partial charge in [0.2, 0.25) is 0 Å². The van der Waals surface area contributed by atoms with E-state index in [1.807, 2.05) is 0 Å². The summed E-state index contributed by atoms with van der Waals surface area (Å²) in [6.07, 6.45) is 0.804. The van der Waals surface area contributed by atoms with Gasteiger partial charge in [-0.15, -0.1) is 0 Å². The average molecular weight is 227 g/mol. The molecule has 2 N–H and O–H groups in total. The maximum atomic E-state index is 13.4. The van der Waals surface area contributed by atoms with E-state index in [2.05, 4.69) is 5.32 Å². The highest BCUT2D eigenvalue weighted by atomic mass is 19.1. The fourth-order valence-corrected chi connectivity index (χ4v) is 2.16. The molecule has 1 aliphatic heterocycles. The molecule has 0 aliphatic carbocycles. The summed E-state index contributed by atoms with van der Waals surface area (Å²) in [5, 5.41) is 13.2. The van der Waals surface area contributed by atoms with Crippen molar-refractivity contribution in [2.24, 2.45) is 5.92 Å². The van der Waals surface area contributed by atoms with Crippen molar-refractivity contribution >= 4 is 0 Å². The van der Waals surface area contributed by atoms with Crippen LogP contribution in [0, 0.1) is 17.6 Å². The number of benzene rings is 1. The first kappa shape index (κ1) is 11.5. The minimum Gasteiger partial charge on any atom is -0.388 e. The van der Waals surface area contributed by atoms with Gasteiger partial charge in [-0.2, -0.15) is 0 Å². The molecule has 4 heteroatoms. The Kier molecular flexibility index (Phi) is 3.51. The molecular formula is C12H15F2NO. The lowest BCUT2D eigenvalue weighted by molar-refractivity contribution is 0.0855. The molecule has 1 aromatic carbocycles. The molecule has 1 atom stereocenters. The van der Waals surface area contributed by atoms with Gasteiger partial charge < -0.3 is 10.4 Å². The van der Waals surface area contributed by atoms with Gasteiger partial charge in [0.1, 0.15) is 11.6 Å². The van der Waals surface area contributed by atoms with Crippen molar-refractivity contribution in [2.45, 2.75) is 18.9 Å². The Bertz CT molecular complexity index is 364. The maximum absolute atomic E-state index is 13.4. The first-order valence-corrected chi connectivity index (χ1v) is 5.52. The third kappa shape index (κ3) is 2.39. The first-order valence-electron chi connectivity index (χ1n) is 5.52. The standard InChI is InChI=1S/C12H15F2NO/c13-9-1-2-10(11(14)7-9)12(16)8-3-5-15-6-4-8/h1-2,7-8,12,15-16H,3-6H2. The van der Waals surface area contributed by atoms with Crippen molar-refractivity contribution in [1.29, 1.82) is 0 Å². The van der Waals surface area contributed by atoms with Gasteiger partial charge in [-0.25, -0.2) is 8.78 Å². The molecule has 2 rings (SSSR count). The van der Waals surface area contributed by atoms with E-state index in [9.17, 15) is 13.9 Å². The van der Waals surface area contributed by atoms with Crippen molar-refractivity contribution in [1.82, 2.24) is 5.32 Å². The molecule has 88 valence electrons. The third-order valence-corrected chi connectivity index (χ3v) is 3.11. The lowest BCUT2D eigenvalue weighted by atomic mass is 9.88. The Labute approximate surface area is 93.3 Å². The summed E-state index contributed by atoms with van der Waals surface area (Å²) in [7, 11) is 0. The van der Waals surface area contributed by atoms with Gasteiger partial charge in [-0.3, -0.25) is 0 Å². The molecule has 1 aliphatic rings. The van der Waals surface area contributed by atoms with Crippen LogP contribution in [0.2, 0.25) is 0 Å². The van der Waals surface area contributed by atoms with E-state index in [0.717, 1.165) is 32.0 Å². The normalized spacial score (nSPS) is 19.7. The minimum absolute atomic E-state index is 0.0567. The highest BCUT2D eigenvalue weighted by molar-refractivity contribution is 5.21. The van der Waals surface area contributed by atoms with Crippen LogP contribution < -0.4 is 5.32 Å². The zero-order valence-electron chi connectivity index (χ0n) is 8.92. The van der Waals surface area contributed by atoms with E-state index in [1.165, 1.54) is 12.1 Å². The summed E-state index contributed by atoms with van der Waals surface area (Å²) >= 11 is 0. The Balaban J connectivity index is 2.15. The van der Waals surface area contributed by atoms with Crippen LogP contribution in [0.1, 0.15) is 24.5 Å². The fraction of sp³-hybridized carbons (Fsp3) is 0.500. The predicted octanol–water partition coefficient (Wildman–Crippen LogP) is 2.00. The molecule has 1 fully saturated rings. The van der Waals surface area contributed by atoms with Gasteiger partial charge in [0.15, 0.2) is 0 Å². The molecular weight excluding hydrogens is 212 g/mol. The SMILES string of the molecule is OC(c1ccc(F)cc1F)C1CCNCC1. The molecule has 0 aromatic heterocycles. The van der Waals surface area contributed by atoms with Crippen LogP contribution in [-0.2, 0) is 0 Å². The van der Waals surface area contributed by atoms with Crippen LogP contribution in [0.4, 0.5) is 8.78 Å². The van der Waals surface area contributed by atoms with Crippen LogP contribution in [0.3, 0.4) is 0 Å². The average Bonchev–Trinajstić information content (AvgIpc) is 2.29. The number of rotatable bonds is 2. The molecule has 1 aromatic rings. The number of aliphatic hydroxyl groups is 1. The number of hydrogen-bond acceptors (Lipinski definition) is 2. The molecule has 16 heavy (non-hydrogen) atoms. The summed E-state index contributed by atoms with van der Waals surface area (Å²) in [4.78, 5) is 0. The minimum atomic E-state index is -0.831. The van der Waals surface area contributed by atoms with E-state index in [0.29, 0.717) is 0 Å². The predicted molar refractivity (Wildman–Crippen MR) is 56.9 cm³/mol. The molecule has 1 saturated heterocycles. The van der Waals surface area contributed by atoms with Gasteiger partial charge in [0.25, 0.3) is 0 Å². The van der Waals surface area contributed by atoms with E-state index in [1.54, 1.807) is 0 Å². The van der Waals surface area contributed by atoms with Crippen molar-refractivity contribution < 1.29 is 13.9 Å². The molecule has 0 saturated carbocycles. The highest BCUT2D eigenvalue weighted by Gasteiger charge is 2.25. The summed E-state index contributed by atoms with van der Waals surface area (Å²) in [6.45, 7) is 1.68. The van der Waals surface area contributed by atoms with Crippen molar-refractivity contribution in [3.63, 3.8) is 0 Å². The third-order valence-electron chi connectivity index (χ3n) is 3.11. The smallest absolute Gasteiger partial charge is 0.131 e. The van der Waals surface area contributed by atoms with E-state index >= 15 is 0 Å². The van der Waals surface area contributed by atoms with Crippen molar-refractivity contribution in [3.8, 4) is 0 Å². The number of nitrogens with one attached hydrogen (secondary N) is 1. The zero-order valence-corrected chi connectivity index (χ0v) is 8.92. The number of aliphatic hydroxyl groups excluding tert-OH is 1. The van der Waals surface area contributed by atoms with E-state index in [4.69, 9.17) is 0 Å². The van der Waals surface area contributed by atoms with Gasteiger partial charge >= 0.3 is 0 Å². The van der Waals surface area contributed by atoms with Crippen LogP contribution in [0.5, 0.6) is 0 Å². The second-order valence-electron chi connectivity index (χ2n) is 4.20. The van der Waals surface area contributed by atoms with Crippen LogP contribution in [0.15, 0.2) is 18.2 Å². The van der Waals surface area contributed by atoms with Crippen LogP contribution >= 0.6 is 0 Å². The van der Waals surface area contributed by atoms with Crippen molar-refractivity contribution in [2.75, 3.05) is 13.1 Å². The molecule has 1 heterocycles. The van der Waals surface area contributed by atoms with Gasteiger partial charge in [0, 0.05) is 11.6 Å². The monoisotopic (exact) mass is 227 g/mol. The topological polar surface area (TPSA) is 32.3 Å². The fourth-order valence-electron chi connectivity index (χ4n) is 2.16.